The predicted molar refractivity (Wildman–Crippen MR) is 69.3 cm³/mol. The molecule has 0 spiro atoms. The van der Waals surface area contributed by atoms with E-state index in [0.717, 1.165) is 11.4 Å². The van der Waals surface area contributed by atoms with Gasteiger partial charge in [-0.2, -0.15) is 17.0 Å². The molecular weight excluding hydrogens is 238 g/mol. The first kappa shape index (κ1) is 13.3. The van der Waals surface area contributed by atoms with Gasteiger partial charge >= 0.3 is 0 Å². The second kappa shape index (κ2) is 6.11. The Kier molecular flexibility index (Phi) is 4.79. The summed E-state index contributed by atoms with van der Waals surface area (Å²) in [6.07, 6.45) is 2.01. The summed E-state index contributed by atoms with van der Waals surface area (Å²) in [4.78, 5) is 10.1. The summed E-state index contributed by atoms with van der Waals surface area (Å²) in [6, 6.07) is 6.57. The molecule has 5 nitrogen and oxygen atoms in total. The Morgan fingerprint density at radius 2 is 2.35 bits per heavy atom. The van der Waals surface area contributed by atoms with Crippen LogP contribution in [0, 0.1) is 21.4 Å². The summed E-state index contributed by atoms with van der Waals surface area (Å²) in [5, 5.41) is 22.7. The molecule has 1 aromatic rings. The topological polar surface area (TPSA) is 79.0 Å². The van der Waals surface area contributed by atoms with E-state index in [2.05, 4.69) is 5.32 Å². The van der Waals surface area contributed by atoms with Crippen molar-refractivity contribution >= 4 is 23.1 Å². The summed E-state index contributed by atoms with van der Waals surface area (Å²) < 4.78 is 0. The monoisotopic (exact) mass is 251 g/mol. The SMILES string of the molecule is CSC[C@@H](C)Nc1ccc([N+](=O)[O-])c(C#N)c1. The lowest BCUT2D eigenvalue weighted by molar-refractivity contribution is -0.385. The van der Waals surface area contributed by atoms with Gasteiger partial charge in [0, 0.05) is 23.5 Å². The van der Waals surface area contributed by atoms with Gasteiger partial charge in [-0.05, 0) is 25.3 Å². The minimum atomic E-state index is -0.548. The molecule has 0 unspecified atom stereocenters. The highest BCUT2D eigenvalue weighted by Gasteiger charge is 2.14. The number of nitrogens with zero attached hydrogens (tertiary/aromatic N) is 2. The van der Waals surface area contributed by atoms with E-state index < -0.39 is 4.92 Å². The van der Waals surface area contributed by atoms with E-state index in [1.807, 2.05) is 19.2 Å². The molecule has 0 aromatic heterocycles. The van der Waals surface area contributed by atoms with E-state index in [-0.39, 0.29) is 17.3 Å². The van der Waals surface area contributed by atoms with Gasteiger partial charge in [0.1, 0.15) is 11.6 Å². The largest absolute Gasteiger partial charge is 0.382 e. The first-order chi connectivity index (χ1) is 8.08. The van der Waals surface area contributed by atoms with Gasteiger partial charge in [-0.15, -0.1) is 0 Å². The normalized spacial score (nSPS) is 11.6. The third kappa shape index (κ3) is 3.64. The highest BCUT2D eigenvalue weighted by molar-refractivity contribution is 7.98. The number of rotatable bonds is 5. The standard InChI is InChI=1S/C11H13N3O2S/c1-8(7-17-2)13-10-3-4-11(14(15)16)9(5-10)6-12/h3-5,8,13H,7H2,1-2H3/t8-/m1/s1. The number of thioether (sulfide) groups is 1. The van der Waals surface area contributed by atoms with E-state index in [0.29, 0.717) is 0 Å². The summed E-state index contributed by atoms with van der Waals surface area (Å²) >= 11 is 1.71. The maximum Gasteiger partial charge on any atom is 0.287 e. The zero-order valence-electron chi connectivity index (χ0n) is 9.64. The van der Waals surface area contributed by atoms with Gasteiger partial charge in [0.25, 0.3) is 5.69 Å². The molecule has 0 saturated carbocycles. The van der Waals surface area contributed by atoms with Crippen LogP contribution in [-0.2, 0) is 0 Å². The van der Waals surface area contributed by atoms with E-state index in [4.69, 9.17) is 5.26 Å². The molecule has 1 atom stereocenters. The van der Waals surface area contributed by atoms with E-state index in [1.165, 1.54) is 12.1 Å². The molecule has 0 aliphatic heterocycles. The van der Waals surface area contributed by atoms with Crippen molar-refractivity contribution in [3.8, 4) is 6.07 Å². The van der Waals surface area contributed by atoms with Crippen LogP contribution in [0.4, 0.5) is 11.4 Å². The summed E-state index contributed by atoms with van der Waals surface area (Å²) in [6.45, 7) is 2.02. The second-order valence-corrected chi connectivity index (χ2v) is 4.51. The zero-order valence-corrected chi connectivity index (χ0v) is 10.5. The highest BCUT2D eigenvalue weighted by Crippen LogP contribution is 2.22. The Balaban J connectivity index is 2.91. The van der Waals surface area contributed by atoms with Crippen molar-refractivity contribution in [3.05, 3.63) is 33.9 Å². The number of nitro groups is 1. The van der Waals surface area contributed by atoms with Crippen LogP contribution >= 0.6 is 11.8 Å². The molecule has 0 saturated heterocycles. The van der Waals surface area contributed by atoms with Gasteiger partial charge in [0.05, 0.1) is 4.92 Å². The average Bonchev–Trinajstić information content (AvgIpc) is 2.28. The van der Waals surface area contributed by atoms with Crippen LogP contribution in [0.3, 0.4) is 0 Å². The molecular formula is C11H13N3O2S. The molecule has 90 valence electrons. The molecule has 1 rings (SSSR count). The van der Waals surface area contributed by atoms with Gasteiger partial charge in [0.15, 0.2) is 0 Å². The second-order valence-electron chi connectivity index (χ2n) is 3.60. The first-order valence-corrected chi connectivity index (χ1v) is 6.42. The van der Waals surface area contributed by atoms with Gasteiger partial charge in [-0.1, -0.05) is 0 Å². The smallest absolute Gasteiger partial charge is 0.287 e. The fourth-order valence-electron chi connectivity index (χ4n) is 1.45. The van der Waals surface area contributed by atoms with Crippen molar-refractivity contribution in [1.82, 2.24) is 0 Å². The fraction of sp³-hybridized carbons (Fsp3) is 0.364. The Morgan fingerprint density at radius 1 is 1.65 bits per heavy atom. The molecule has 1 N–H and O–H groups in total. The fourth-order valence-corrected chi connectivity index (χ4v) is 2.03. The van der Waals surface area contributed by atoms with E-state index in [1.54, 1.807) is 17.8 Å². The molecule has 0 radical (unpaired) electrons. The van der Waals surface area contributed by atoms with Crippen molar-refractivity contribution in [2.45, 2.75) is 13.0 Å². The van der Waals surface area contributed by atoms with Crippen LogP contribution in [0.5, 0.6) is 0 Å². The number of anilines is 1. The Hall–Kier alpha value is -1.74. The molecule has 0 bridgehead atoms. The molecule has 0 aliphatic carbocycles. The minimum absolute atomic E-state index is 0.0800. The third-order valence-corrected chi connectivity index (χ3v) is 2.98. The maximum absolute atomic E-state index is 10.6. The van der Waals surface area contributed by atoms with Crippen molar-refractivity contribution < 1.29 is 4.92 Å². The van der Waals surface area contributed by atoms with Gasteiger partial charge < -0.3 is 5.32 Å². The summed E-state index contributed by atoms with van der Waals surface area (Å²) in [5.74, 6) is 0.929. The molecule has 0 amide bonds. The van der Waals surface area contributed by atoms with Gasteiger partial charge in [-0.3, -0.25) is 10.1 Å². The van der Waals surface area contributed by atoms with Crippen LogP contribution < -0.4 is 5.32 Å². The highest BCUT2D eigenvalue weighted by atomic mass is 32.2. The van der Waals surface area contributed by atoms with Gasteiger partial charge in [-0.25, -0.2) is 0 Å². The number of nitriles is 1. The van der Waals surface area contributed by atoms with E-state index >= 15 is 0 Å². The summed E-state index contributed by atoms with van der Waals surface area (Å²) in [7, 11) is 0. The zero-order chi connectivity index (χ0) is 12.8. The van der Waals surface area contributed by atoms with Gasteiger partial charge in [0.2, 0.25) is 0 Å². The van der Waals surface area contributed by atoms with Crippen molar-refractivity contribution in [3.63, 3.8) is 0 Å². The number of nitrogens with one attached hydrogen (secondary N) is 1. The Bertz CT molecular complexity index is 457. The number of hydrogen-bond acceptors (Lipinski definition) is 5. The number of nitro benzene ring substituents is 1. The number of benzene rings is 1. The molecule has 0 aliphatic rings. The van der Waals surface area contributed by atoms with Crippen LogP contribution in [0.2, 0.25) is 0 Å². The van der Waals surface area contributed by atoms with Crippen molar-refractivity contribution in [2.24, 2.45) is 0 Å². The van der Waals surface area contributed by atoms with Crippen LogP contribution in [0.25, 0.3) is 0 Å². The van der Waals surface area contributed by atoms with Crippen LogP contribution in [-0.4, -0.2) is 23.0 Å². The number of hydrogen-bond donors (Lipinski definition) is 1. The lowest BCUT2D eigenvalue weighted by Gasteiger charge is -2.13. The maximum atomic E-state index is 10.6. The molecule has 17 heavy (non-hydrogen) atoms. The Labute approximate surface area is 104 Å². The molecule has 1 aromatic carbocycles. The molecule has 0 heterocycles. The minimum Gasteiger partial charge on any atom is -0.382 e. The average molecular weight is 251 g/mol. The van der Waals surface area contributed by atoms with Crippen molar-refractivity contribution in [2.75, 3.05) is 17.3 Å². The van der Waals surface area contributed by atoms with Crippen LogP contribution in [0.1, 0.15) is 12.5 Å². The molecule has 6 heteroatoms. The lowest BCUT2D eigenvalue weighted by atomic mass is 10.1. The first-order valence-electron chi connectivity index (χ1n) is 5.02. The lowest BCUT2D eigenvalue weighted by Crippen LogP contribution is -2.17. The van der Waals surface area contributed by atoms with E-state index in [9.17, 15) is 10.1 Å². The molecule has 0 fully saturated rings. The van der Waals surface area contributed by atoms with Crippen molar-refractivity contribution in [1.29, 1.82) is 5.26 Å². The Morgan fingerprint density at radius 3 is 2.88 bits per heavy atom. The predicted octanol–water partition coefficient (Wildman–Crippen LogP) is 2.63. The quantitative estimate of drug-likeness (QED) is 0.642. The van der Waals surface area contributed by atoms with Crippen LogP contribution in [0.15, 0.2) is 18.2 Å². The summed E-state index contributed by atoms with van der Waals surface area (Å²) in [5.41, 5.74) is 0.653. The third-order valence-electron chi connectivity index (χ3n) is 2.14.